The number of nitrogens with one attached hydrogen (secondary N) is 2. The molecular formula is C12H22ClN3S. The highest BCUT2D eigenvalue weighted by molar-refractivity contribution is 7.09. The van der Waals surface area contributed by atoms with Gasteiger partial charge in [-0.2, -0.15) is 0 Å². The molecule has 1 unspecified atom stereocenters. The Kier molecular flexibility index (Phi) is 5.86. The van der Waals surface area contributed by atoms with E-state index in [1.54, 1.807) is 11.3 Å². The van der Waals surface area contributed by atoms with Gasteiger partial charge in [0.1, 0.15) is 0 Å². The van der Waals surface area contributed by atoms with Gasteiger partial charge in [0.05, 0.1) is 10.7 Å². The van der Waals surface area contributed by atoms with Crippen LogP contribution in [0.4, 0.5) is 0 Å². The van der Waals surface area contributed by atoms with Gasteiger partial charge in [-0.1, -0.05) is 6.92 Å². The minimum absolute atomic E-state index is 0. The fourth-order valence-electron chi connectivity index (χ4n) is 2.15. The first-order valence-electron chi connectivity index (χ1n) is 6.00. The van der Waals surface area contributed by atoms with Gasteiger partial charge in [-0.15, -0.1) is 23.7 Å². The van der Waals surface area contributed by atoms with Crippen molar-refractivity contribution < 1.29 is 0 Å². The number of aromatic nitrogens is 1. The molecule has 1 fully saturated rings. The average Bonchev–Trinajstić information content (AvgIpc) is 2.84. The van der Waals surface area contributed by atoms with E-state index in [0.717, 1.165) is 26.1 Å². The van der Waals surface area contributed by atoms with Crippen molar-refractivity contribution in [2.75, 3.05) is 26.2 Å². The third-order valence-corrected chi connectivity index (χ3v) is 4.06. The number of nitrogens with zero attached hydrogens (tertiary/aromatic N) is 1. The van der Waals surface area contributed by atoms with Crippen molar-refractivity contribution in [3.05, 3.63) is 16.1 Å². The SMILES string of the molecule is Cc1nc(CCNCC2(C)CCNC2)cs1.Cl. The molecule has 0 saturated carbocycles. The van der Waals surface area contributed by atoms with Crippen LogP contribution >= 0.6 is 23.7 Å². The highest BCUT2D eigenvalue weighted by Gasteiger charge is 2.27. The Hall–Kier alpha value is -0.160. The van der Waals surface area contributed by atoms with Crippen molar-refractivity contribution in [1.82, 2.24) is 15.6 Å². The van der Waals surface area contributed by atoms with Crippen LogP contribution in [0.5, 0.6) is 0 Å². The van der Waals surface area contributed by atoms with E-state index in [-0.39, 0.29) is 12.4 Å². The van der Waals surface area contributed by atoms with Gasteiger partial charge >= 0.3 is 0 Å². The molecule has 98 valence electrons. The minimum Gasteiger partial charge on any atom is -0.316 e. The standard InChI is InChI=1S/C12H21N3S.ClH/c1-10-15-11(7-16-10)3-5-13-8-12(2)4-6-14-9-12;/h7,13-14H,3-6,8-9H2,1-2H3;1H. The molecule has 17 heavy (non-hydrogen) atoms. The summed E-state index contributed by atoms with van der Waals surface area (Å²) < 4.78 is 0. The smallest absolute Gasteiger partial charge is 0.0897 e. The van der Waals surface area contributed by atoms with Crippen molar-refractivity contribution in [3.8, 4) is 0 Å². The van der Waals surface area contributed by atoms with Crippen LogP contribution in [-0.4, -0.2) is 31.2 Å². The molecule has 0 amide bonds. The van der Waals surface area contributed by atoms with Crippen LogP contribution in [0.15, 0.2) is 5.38 Å². The Bertz CT molecular complexity index is 334. The van der Waals surface area contributed by atoms with Crippen LogP contribution < -0.4 is 10.6 Å². The van der Waals surface area contributed by atoms with Gasteiger partial charge < -0.3 is 10.6 Å². The quantitative estimate of drug-likeness (QED) is 0.807. The van der Waals surface area contributed by atoms with Crippen molar-refractivity contribution in [2.45, 2.75) is 26.7 Å². The van der Waals surface area contributed by atoms with E-state index < -0.39 is 0 Å². The zero-order valence-corrected chi connectivity index (χ0v) is 12.2. The summed E-state index contributed by atoms with van der Waals surface area (Å²) in [5.41, 5.74) is 1.68. The van der Waals surface area contributed by atoms with Crippen molar-refractivity contribution in [3.63, 3.8) is 0 Å². The molecule has 1 aromatic rings. The third-order valence-electron chi connectivity index (χ3n) is 3.23. The monoisotopic (exact) mass is 275 g/mol. The predicted molar refractivity (Wildman–Crippen MR) is 76.3 cm³/mol. The summed E-state index contributed by atoms with van der Waals surface area (Å²) in [5, 5.41) is 10.3. The summed E-state index contributed by atoms with van der Waals surface area (Å²) in [6.07, 6.45) is 2.34. The van der Waals surface area contributed by atoms with Crippen LogP contribution in [0.3, 0.4) is 0 Å². The molecule has 1 aromatic heterocycles. The summed E-state index contributed by atoms with van der Waals surface area (Å²) in [6.45, 7) is 8.89. The number of hydrogen-bond donors (Lipinski definition) is 2. The summed E-state index contributed by atoms with van der Waals surface area (Å²) in [6, 6.07) is 0. The number of rotatable bonds is 5. The Labute approximate surface area is 114 Å². The largest absolute Gasteiger partial charge is 0.316 e. The molecule has 1 aliphatic rings. The highest BCUT2D eigenvalue weighted by Crippen LogP contribution is 2.22. The molecular weight excluding hydrogens is 254 g/mol. The Morgan fingerprint density at radius 1 is 1.59 bits per heavy atom. The number of halogens is 1. The van der Waals surface area contributed by atoms with Gasteiger partial charge in [0.25, 0.3) is 0 Å². The molecule has 0 spiro atoms. The summed E-state index contributed by atoms with van der Waals surface area (Å²) in [4.78, 5) is 4.46. The van der Waals surface area contributed by atoms with E-state index in [9.17, 15) is 0 Å². The summed E-state index contributed by atoms with van der Waals surface area (Å²) in [7, 11) is 0. The first-order valence-corrected chi connectivity index (χ1v) is 6.88. The lowest BCUT2D eigenvalue weighted by Gasteiger charge is -2.22. The molecule has 1 aliphatic heterocycles. The number of thiazole rings is 1. The van der Waals surface area contributed by atoms with Gasteiger partial charge in [-0.3, -0.25) is 0 Å². The molecule has 0 radical (unpaired) electrons. The minimum atomic E-state index is 0. The van der Waals surface area contributed by atoms with Crippen LogP contribution in [-0.2, 0) is 6.42 Å². The maximum absolute atomic E-state index is 4.46. The molecule has 0 aromatic carbocycles. The number of hydrogen-bond acceptors (Lipinski definition) is 4. The molecule has 2 N–H and O–H groups in total. The Morgan fingerprint density at radius 3 is 3.00 bits per heavy atom. The predicted octanol–water partition coefficient (Wildman–Crippen LogP) is 2.01. The van der Waals surface area contributed by atoms with Gasteiger partial charge in [-0.05, 0) is 25.3 Å². The molecule has 1 atom stereocenters. The normalized spacial score (nSPS) is 23.6. The van der Waals surface area contributed by atoms with Gasteiger partial charge in [0.2, 0.25) is 0 Å². The van der Waals surface area contributed by atoms with E-state index in [1.165, 1.54) is 23.7 Å². The fourth-order valence-corrected chi connectivity index (χ4v) is 2.80. The van der Waals surface area contributed by atoms with Crippen LogP contribution in [0.25, 0.3) is 0 Å². The lowest BCUT2D eigenvalue weighted by atomic mass is 9.90. The molecule has 5 heteroatoms. The molecule has 0 bridgehead atoms. The first kappa shape index (κ1) is 14.9. The van der Waals surface area contributed by atoms with Crippen LogP contribution in [0, 0.1) is 12.3 Å². The van der Waals surface area contributed by atoms with Crippen molar-refractivity contribution >= 4 is 23.7 Å². The van der Waals surface area contributed by atoms with E-state index in [4.69, 9.17) is 0 Å². The number of aryl methyl sites for hydroxylation is 1. The van der Waals surface area contributed by atoms with Crippen molar-refractivity contribution in [1.29, 1.82) is 0 Å². The molecule has 3 nitrogen and oxygen atoms in total. The van der Waals surface area contributed by atoms with Gasteiger partial charge in [-0.25, -0.2) is 4.98 Å². The van der Waals surface area contributed by atoms with Crippen LogP contribution in [0.1, 0.15) is 24.0 Å². The highest BCUT2D eigenvalue weighted by atomic mass is 35.5. The summed E-state index contributed by atoms with van der Waals surface area (Å²) in [5.74, 6) is 0. The zero-order valence-electron chi connectivity index (χ0n) is 10.6. The molecule has 2 rings (SSSR count). The lowest BCUT2D eigenvalue weighted by Crippen LogP contribution is -2.34. The second-order valence-corrected chi connectivity index (χ2v) is 6.08. The fraction of sp³-hybridized carbons (Fsp3) is 0.750. The third kappa shape index (κ3) is 4.54. The lowest BCUT2D eigenvalue weighted by molar-refractivity contribution is 0.341. The van der Waals surface area contributed by atoms with Crippen molar-refractivity contribution in [2.24, 2.45) is 5.41 Å². The second-order valence-electron chi connectivity index (χ2n) is 5.02. The summed E-state index contributed by atoms with van der Waals surface area (Å²) >= 11 is 1.74. The Balaban J connectivity index is 0.00000144. The first-order chi connectivity index (χ1) is 7.68. The molecule has 0 aliphatic carbocycles. The second kappa shape index (κ2) is 6.69. The maximum atomic E-state index is 4.46. The van der Waals surface area contributed by atoms with Gasteiger partial charge in [0, 0.05) is 31.4 Å². The van der Waals surface area contributed by atoms with Gasteiger partial charge in [0.15, 0.2) is 0 Å². The molecule has 1 saturated heterocycles. The average molecular weight is 276 g/mol. The zero-order chi connectivity index (χ0) is 11.4. The van der Waals surface area contributed by atoms with E-state index in [2.05, 4.69) is 34.8 Å². The van der Waals surface area contributed by atoms with E-state index in [1.807, 2.05) is 0 Å². The molecule has 2 heterocycles. The van der Waals surface area contributed by atoms with E-state index in [0.29, 0.717) is 5.41 Å². The van der Waals surface area contributed by atoms with Crippen LogP contribution in [0.2, 0.25) is 0 Å². The Morgan fingerprint density at radius 2 is 2.41 bits per heavy atom. The maximum Gasteiger partial charge on any atom is 0.0897 e. The topological polar surface area (TPSA) is 37.0 Å². The van der Waals surface area contributed by atoms with E-state index >= 15 is 0 Å².